The van der Waals surface area contributed by atoms with Crippen LogP contribution in [0.5, 0.6) is 5.75 Å². The Bertz CT molecular complexity index is 1250. The molecule has 4 nitrogen and oxygen atoms in total. The van der Waals surface area contributed by atoms with Crippen molar-refractivity contribution in [3.05, 3.63) is 107 Å². The number of nitrogens with zero attached hydrogens (tertiary/aromatic N) is 1. The largest absolute Gasteiger partial charge is 0.508 e. The first kappa shape index (κ1) is 22.3. The molecule has 1 aromatic heterocycles. The van der Waals surface area contributed by atoms with Crippen molar-refractivity contribution in [1.29, 1.82) is 0 Å². The molecule has 3 atom stereocenters. The second-order valence-electron chi connectivity index (χ2n) is 8.52. The van der Waals surface area contributed by atoms with Gasteiger partial charge in [0.15, 0.2) is 0 Å². The van der Waals surface area contributed by atoms with Crippen LogP contribution in [-0.4, -0.2) is 16.1 Å². The molecule has 1 amide bonds. The van der Waals surface area contributed by atoms with E-state index in [0.29, 0.717) is 18.4 Å². The van der Waals surface area contributed by atoms with Gasteiger partial charge in [-0.1, -0.05) is 42.5 Å². The van der Waals surface area contributed by atoms with Gasteiger partial charge in [0.05, 0.1) is 18.1 Å². The van der Waals surface area contributed by atoms with E-state index in [1.54, 1.807) is 40.5 Å². The molecule has 0 saturated carbocycles. The lowest BCUT2D eigenvalue weighted by atomic mass is 9.78. The molecule has 0 spiro atoms. The molecule has 0 aliphatic carbocycles. The highest BCUT2D eigenvalue weighted by molar-refractivity contribution is 7.13. The molecule has 4 aromatic rings. The fourth-order valence-corrected chi connectivity index (χ4v) is 5.32. The van der Waals surface area contributed by atoms with Crippen LogP contribution in [0.1, 0.15) is 36.1 Å². The van der Waals surface area contributed by atoms with Gasteiger partial charge in [-0.2, -0.15) is 0 Å². The number of hydrogen-bond acceptors (Lipinski definition) is 4. The minimum absolute atomic E-state index is 0.00764. The third-order valence-corrected chi connectivity index (χ3v) is 7.32. The van der Waals surface area contributed by atoms with Gasteiger partial charge in [0.1, 0.15) is 11.6 Å². The van der Waals surface area contributed by atoms with E-state index in [0.717, 1.165) is 16.8 Å². The van der Waals surface area contributed by atoms with E-state index >= 15 is 0 Å². The molecule has 0 bridgehead atoms. The third kappa shape index (κ3) is 4.34. The molecule has 1 aliphatic heterocycles. The number of carbonyl (C=O) groups is 1. The highest BCUT2D eigenvalue weighted by Gasteiger charge is 2.48. The van der Waals surface area contributed by atoms with Crippen LogP contribution in [0, 0.1) is 11.7 Å². The van der Waals surface area contributed by atoms with Crippen molar-refractivity contribution in [3.63, 3.8) is 0 Å². The average molecular weight is 474 g/mol. The van der Waals surface area contributed by atoms with Crippen LogP contribution in [-0.2, 0) is 4.79 Å². The Hall–Kier alpha value is -3.48. The normalized spacial score (nSPS) is 18.5. The number of β-lactam (4-membered cyclic amide) rings is 1. The predicted molar refractivity (Wildman–Crippen MR) is 132 cm³/mol. The van der Waals surface area contributed by atoms with Crippen molar-refractivity contribution >= 4 is 22.9 Å². The van der Waals surface area contributed by atoms with Crippen molar-refractivity contribution in [1.82, 2.24) is 0 Å². The van der Waals surface area contributed by atoms with Crippen LogP contribution in [0.15, 0.2) is 90.3 Å². The van der Waals surface area contributed by atoms with Crippen molar-refractivity contribution < 1.29 is 19.4 Å². The van der Waals surface area contributed by atoms with Gasteiger partial charge in [0, 0.05) is 10.6 Å². The van der Waals surface area contributed by atoms with Crippen LogP contribution in [0.25, 0.3) is 10.4 Å². The molecular formula is C28H24FNO3S. The Kier molecular flexibility index (Phi) is 6.18. The second-order valence-corrected chi connectivity index (χ2v) is 9.47. The highest BCUT2D eigenvalue weighted by Crippen LogP contribution is 2.46. The zero-order chi connectivity index (χ0) is 23.7. The molecule has 0 unspecified atom stereocenters. The number of aliphatic hydroxyl groups is 1. The van der Waals surface area contributed by atoms with Gasteiger partial charge in [0.2, 0.25) is 5.91 Å². The minimum atomic E-state index is -0.770. The van der Waals surface area contributed by atoms with Crippen LogP contribution >= 0.6 is 11.3 Å². The number of aromatic hydroxyl groups is 1. The molecule has 6 heteroatoms. The SMILES string of the molecule is O=C1[C@H](CC[C@H](O)c2ccc(F)cc2)[C@@H](c2ccc(O)cc2)N1c1ccc(-c2cccs2)cc1. The summed E-state index contributed by atoms with van der Waals surface area (Å²) < 4.78 is 13.2. The number of phenolic OH excluding ortho intramolecular Hbond substituents is 1. The molecule has 1 fully saturated rings. The highest BCUT2D eigenvalue weighted by atomic mass is 32.1. The first-order valence-electron chi connectivity index (χ1n) is 11.2. The zero-order valence-corrected chi connectivity index (χ0v) is 19.2. The van der Waals surface area contributed by atoms with E-state index in [9.17, 15) is 19.4 Å². The summed E-state index contributed by atoms with van der Waals surface area (Å²) >= 11 is 1.67. The van der Waals surface area contributed by atoms with Crippen LogP contribution in [0.3, 0.4) is 0 Å². The number of thiophene rings is 1. The quantitative estimate of drug-likeness (QED) is 0.302. The summed E-state index contributed by atoms with van der Waals surface area (Å²) in [5.74, 6) is -0.465. The Labute approximate surface area is 201 Å². The van der Waals surface area contributed by atoms with Crippen molar-refractivity contribution in [2.24, 2.45) is 5.92 Å². The van der Waals surface area contributed by atoms with E-state index in [-0.39, 0.29) is 29.4 Å². The molecule has 5 rings (SSSR count). The summed E-state index contributed by atoms with van der Waals surface area (Å²) in [7, 11) is 0. The summed E-state index contributed by atoms with van der Waals surface area (Å²) in [6.07, 6.45) is 0.113. The van der Waals surface area contributed by atoms with E-state index < -0.39 is 6.10 Å². The van der Waals surface area contributed by atoms with Gasteiger partial charge in [-0.25, -0.2) is 4.39 Å². The molecule has 1 saturated heterocycles. The standard InChI is InChI=1S/C28H24FNO3S/c29-21-9-3-18(4-10-21)25(32)16-15-24-27(20-7-13-23(31)14-8-20)30(28(24)33)22-11-5-19(6-12-22)26-2-1-17-34-26/h1-14,17,24-25,27,31-32H,15-16H2/t24-,25+,27-/m1/s1. The lowest BCUT2D eigenvalue weighted by Gasteiger charge is -2.48. The average Bonchev–Trinajstić information content (AvgIpc) is 3.39. The fourth-order valence-electron chi connectivity index (χ4n) is 4.59. The monoisotopic (exact) mass is 473 g/mol. The van der Waals surface area contributed by atoms with Crippen LogP contribution in [0.4, 0.5) is 10.1 Å². The number of phenols is 1. The van der Waals surface area contributed by atoms with Crippen LogP contribution in [0.2, 0.25) is 0 Å². The van der Waals surface area contributed by atoms with Gasteiger partial charge in [-0.3, -0.25) is 4.79 Å². The number of hydrogen-bond donors (Lipinski definition) is 2. The van der Waals surface area contributed by atoms with Crippen molar-refractivity contribution in [3.8, 4) is 16.2 Å². The molecule has 2 heterocycles. The molecule has 172 valence electrons. The number of amides is 1. The molecule has 3 aromatic carbocycles. The first-order valence-corrected chi connectivity index (χ1v) is 12.1. The Morgan fingerprint density at radius 1 is 0.941 bits per heavy atom. The number of aliphatic hydroxyl groups excluding tert-OH is 1. The molecular weight excluding hydrogens is 449 g/mol. The lowest BCUT2D eigenvalue weighted by Crippen LogP contribution is -2.55. The summed E-state index contributed by atoms with van der Waals surface area (Å²) in [4.78, 5) is 16.2. The zero-order valence-electron chi connectivity index (χ0n) is 18.3. The summed E-state index contributed by atoms with van der Waals surface area (Å²) in [6.45, 7) is 0. The molecule has 34 heavy (non-hydrogen) atoms. The van der Waals surface area contributed by atoms with Gasteiger partial charge >= 0.3 is 0 Å². The smallest absolute Gasteiger partial charge is 0.233 e. The Morgan fingerprint density at radius 3 is 2.29 bits per heavy atom. The number of rotatable bonds is 7. The number of benzene rings is 3. The molecule has 0 radical (unpaired) electrons. The fraction of sp³-hybridized carbons (Fsp3) is 0.179. The van der Waals surface area contributed by atoms with E-state index in [4.69, 9.17) is 0 Å². The lowest BCUT2D eigenvalue weighted by molar-refractivity contribution is -0.131. The topological polar surface area (TPSA) is 60.8 Å². The second kappa shape index (κ2) is 9.41. The number of halogens is 1. The van der Waals surface area contributed by atoms with Crippen LogP contribution < -0.4 is 4.90 Å². The Balaban J connectivity index is 1.37. The summed E-state index contributed by atoms with van der Waals surface area (Å²) in [5, 5.41) is 22.4. The molecule has 1 aliphatic rings. The summed E-state index contributed by atoms with van der Waals surface area (Å²) in [6, 6.07) is 24.6. The van der Waals surface area contributed by atoms with Gasteiger partial charge < -0.3 is 15.1 Å². The van der Waals surface area contributed by atoms with Gasteiger partial charge in [-0.15, -0.1) is 11.3 Å². The van der Waals surface area contributed by atoms with Gasteiger partial charge in [-0.05, 0) is 77.4 Å². The Morgan fingerprint density at radius 2 is 1.65 bits per heavy atom. The number of anilines is 1. The van der Waals surface area contributed by atoms with Crippen molar-refractivity contribution in [2.75, 3.05) is 4.90 Å². The van der Waals surface area contributed by atoms with Gasteiger partial charge in [0.25, 0.3) is 0 Å². The maximum Gasteiger partial charge on any atom is 0.233 e. The number of carbonyl (C=O) groups excluding carboxylic acids is 1. The van der Waals surface area contributed by atoms with E-state index in [1.165, 1.54) is 17.0 Å². The maximum atomic E-state index is 13.3. The van der Waals surface area contributed by atoms with E-state index in [2.05, 4.69) is 6.07 Å². The van der Waals surface area contributed by atoms with E-state index in [1.807, 2.05) is 47.8 Å². The van der Waals surface area contributed by atoms with Crippen molar-refractivity contribution in [2.45, 2.75) is 25.0 Å². The third-order valence-electron chi connectivity index (χ3n) is 6.41. The predicted octanol–water partition coefficient (Wildman–Crippen LogP) is 6.48. The molecule has 2 N–H and O–H groups in total. The maximum absolute atomic E-state index is 13.3. The summed E-state index contributed by atoms with van der Waals surface area (Å²) in [5.41, 5.74) is 3.49. The first-order chi connectivity index (χ1) is 16.5. The minimum Gasteiger partial charge on any atom is -0.508 e.